The molecule has 2 bridgehead atoms. The Hall–Kier alpha value is -3.49. The molecule has 7 nitrogen and oxygen atoms in total. The number of halogens is 1. The predicted molar refractivity (Wildman–Crippen MR) is 153 cm³/mol. The normalized spacial score (nSPS) is 25.0. The number of carbonyl (C=O) groups is 2. The summed E-state index contributed by atoms with van der Waals surface area (Å²) in [7, 11) is 0. The van der Waals surface area contributed by atoms with Crippen LogP contribution in [0.5, 0.6) is 0 Å². The van der Waals surface area contributed by atoms with Crippen LogP contribution in [0.4, 0.5) is 10.1 Å². The van der Waals surface area contributed by atoms with Gasteiger partial charge in [-0.1, -0.05) is 18.2 Å². The van der Waals surface area contributed by atoms with Crippen LogP contribution in [-0.4, -0.2) is 58.0 Å². The zero-order valence-corrected chi connectivity index (χ0v) is 22.7. The van der Waals surface area contributed by atoms with Gasteiger partial charge in [-0.25, -0.2) is 4.39 Å². The highest BCUT2D eigenvalue weighted by atomic mass is 19.1. The Morgan fingerprint density at radius 2 is 1.60 bits per heavy atom. The first-order valence-corrected chi connectivity index (χ1v) is 14.5. The number of amides is 2. The molecule has 40 heavy (non-hydrogen) atoms. The molecule has 2 amide bonds. The van der Waals surface area contributed by atoms with Crippen LogP contribution in [0.3, 0.4) is 0 Å². The van der Waals surface area contributed by atoms with Gasteiger partial charge in [0, 0.05) is 49.2 Å². The van der Waals surface area contributed by atoms with Gasteiger partial charge in [0.2, 0.25) is 5.91 Å². The molecule has 3 saturated heterocycles. The summed E-state index contributed by atoms with van der Waals surface area (Å²) in [4.78, 5) is 30.7. The zero-order valence-electron chi connectivity index (χ0n) is 22.7. The molecular formula is C32H37FN4O3. The van der Waals surface area contributed by atoms with Crippen molar-refractivity contribution in [2.24, 2.45) is 5.92 Å². The van der Waals surface area contributed by atoms with Crippen molar-refractivity contribution in [1.82, 2.24) is 15.1 Å². The number of hydrogen-bond donors (Lipinski definition) is 3. The standard InChI is InChI=1S/C32H37FN4O3/c33-26-8-5-24-16-21(3-4-25(24)17-26)20-37-29-11-12-30(37)19-28(18-29)34-31(38)22-2-1-14-36(15-13-22)32(39)23-6-9-27(35-40)10-7-23/h3-10,16-17,22,28-30,35,40H,1-2,11-15,18-20H2,(H,34,38). The zero-order chi connectivity index (χ0) is 27.6. The maximum atomic E-state index is 13.6. The number of likely N-dealkylation sites (tertiary alicyclic amines) is 1. The van der Waals surface area contributed by atoms with Gasteiger partial charge < -0.3 is 10.2 Å². The summed E-state index contributed by atoms with van der Waals surface area (Å²) in [6.07, 6.45) is 6.53. The maximum absolute atomic E-state index is 13.6. The van der Waals surface area contributed by atoms with Crippen molar-refractivity contribution in [2.75, 3.05) is 18.6 Å². The summed E-state index contributed by atoms with van der Waals surface area (Å²) in [5, 5.41) is 14.4. The molecule has 3 aliphatic heterocycles. The Bertz CT molecular complexity index is 1370. The van der Waals surface area contributed by atoms with Crippen molar-refractivity contribution >= 4 is 28.3 Å². The van der Waals surface area contributed by atoms with E-state index in [0.717, 1.165) is 55.8 Å². The quantitative estimate of drug-likeness (QED) is 0.365. The molecule has 0 aliphatic carbocycles. The number of fused-ring (bicyclic) bond motifs is 3. The molecule has 3 N–H and O–H groups in total. The average molecular weight is 545 g/mol. The van der Waals surface area contributed by atoms with Crippen LogP contribution in [0, 0.1) is 11.7 Å². The second-order valence-electron chi connectivity index (χ2n) is 11.7. The van der Waals surface area contributed by atoms with Crippen LogP contribution < -0.4 is 10.8 Å². The number of hydrogen-bond acceptors (Lipinski definition) is 5. The van der Waals surface area contributed by atoms with Crippen LogP contribution >= 0.6 is 0 Å². The number of nitrogens with one attached hydrogen (secondary N) is 2. The smallest absolute Gasteiger partial charge is 0.253 e. The third-order valence-corrected chi connectivity index (χ3v) is 9.11. The lowest BCUT2D eigenvalue weighted by molar-refractivity contribution is -0.126. The monoisotopic (exact) mass is 544 g/mol. The first-order chi connectivity index (χ1) is 19.5. The molecule has 3 heterocycles. The van der Waals surface area contributed by atoms with Gasteiger partial charge in [0.05, 0.1) is 5.69 Å². The van der Waals surface area contributed by atoms with Gasteiger partial charge in [0.25, 0.3) is 5.91 Å². The minimum Gasteiger partial charge on any atom is -0.353 e. The van der Waals surface area contributed by atoms with Crippen LogP contribution in [0.1, 0.15) is 60.9 Å². The third kappa shape index (κ3) is 5.69. The van der Waals surface area contributed by atoms with E-state index < -0.39 is 0 Å². The van der Waals surface area contributed by atoms with Crippen molar-refractivity contribution in [1.29, 1.82) is 0 Å². The van der Waals surface area contributed by atoms with Crippen molar-refractivity contribution in [2.45, 2.75) is 69.6 Å². The highest BCUT2D eigenvalue weighted by Gasteiger charge is 2.41. The SMILES string of the molecule is O=C(NC1CC2CCC(C1)N2Cc1ccc2cc(F)ccc2c1)C1CCCN(C(=O)c2ccc(NO)cc2)CC1. The fraction of sp³-hybridized carbons (Fsp3) is 0.438. The summed E-state index contributed by atoms with van der Waals surface area (Å²) in [6.45, 7) is 2.10. The molecule has 0 saturated carbocycles. The number of anilines is 1. The van der Waals surface area contributed by atoms with Crippen LogP contribution in [-0.2, 0) is 11.3 Å². The van der Waals surface area contributed by atoms with E-state index in [4.69, 9.17) is 5.21 Å². The van der Waals surface area contributed by atoms with E-state index in [-0.39, 0.29) is 29.6 Å². The molecule has 3 aromatic rings. The lowest BCUT2D eigenvalue weighted by atomic mass is 9.94. The number of nitrogens with zero attached hydrogens (tertiary/aromatic N) is 2. The second-order valence-corrected chi connectivity index (χ2v) is 11.7. The molecule has 3 aliphatic rings. The van der Waals surface area contributed by atoms with E-state index in [2.05, 4.69) is 27.8 Å². The Morgan fingerprint density at radius 3 is 2.35 bits per heavy atom. The molecule has 0 radical (unpaired) electrons. The Morgan fingerprint density at radius 1 is 0.875 bits per heavy atom. The van der Waals surface area contributed by atoms with E-state index >= 15 is 0 Å². The third-order valence-electron chi connectivity index (χ3n) is 9.11. The molecule has 210 valence electrons. The molecule has 0 aromatic heterocycles. The van der Waals surface area contributed by atoms with Gasteiger partial charge in [-0.15, -0.1) is 0 Å². The fourth-order valence-corrected chi connectivity index (χ4v) is 6.98. The molecule has 6 rings (SSSR count). The second kappa shape index (κ2) is 11.6. The number of carbonyl (C=O) groups excluding carboxylic acids is 2. The van der Waals surface area contributed by atoms with Crippen molar-refractivity contribution < 1.29 is 19.2 Å². The summed E-state index contributed by atoms with van der Waals surface area (Å²) in [6, 6.07) is 19.1. The minimum atomic E-state index is -0.208. The first kappa shape index (κ1) is 26.7. The number of benzene rings is 3. The Kier molecular flexibility index (Phi) is 7.71. The van der Waals surface area contributed by atoms with Gasteiger partial charge in [-0.3, -0.25) is 25.2 Å². The average Bonchev–Trinajstić information content (AvgIpc) is 3.15. The lowest BCUT2D eigenvalue weighted by Crippen LogP contribution is -2.51. The van der Waals surface area contributed by atoms with Crippen molar-refractivity contribution in [3.63, 3.8) is 0 Å². The summed E-state index contributed by atoms with van der Waals surface area (Å²) >= 11 is 0. The van der Waals surface area contributed by atoms with Gasteiger partial charge in [0.1, 0.15) is 5.82 Å². The highest BCUT2D eigenvalue weighted by Crippen LogP contribution is 2.37. The maximum Gasteiger partial charge on any atom is 0.253 e. The fourth-order valence-electron chi connectivity index (χ4n) is 6.98. The van der Waals surface area contributed by atoms with Crippen LogP contribution in [0.15, 0.2) is 60.7 Å². The van der Waals surface area contributed by atoms with Crippen molar-refractivity contribution in [3.8, 4) is 0 Å². The molecule has 3 atom stereocenters. The lowest BCUT2D eigenvalue weighted by Gasteiger charge is -2.39. The van der Waals surface area contributed by atoms with E-state index in [1.165, 1.54) is 11.6 Å². The van der Waals surface area contributed by atoms with E-state index in [1.807, 2.05) is 17.0 Å². The summed E-state index contributed by atoms with van der Waals surface area (Å²) < 4.78 is 13.6. The molecule has 3 unspecified atom stereocenters. The van der Waals surface area contributed by atoms with Gasteiger partial charge in [-0.2, -0.15) is 0 Å². The number of rotatable bonds is 6. The van der Waals surface area contributed by atoms with E-state index in [0.29, 0.717) is 42.8 Å². The molecule has 3 fully saturated rings. The predicted octanol–water partition coefficient (Wildman–Crippen LogP) is 5.33. The topological polar surface area (TPSA) is 84.9 Å². The van der Waals surface area contributed by atoms with Gasteiger partial charge in [0.15, 0.2) is 0 Å². The van der Waals surface area contributed by atoms with Crippen molar-refractivity contribution in [3.05, 3.63) is 77.6 Å². The minimum absolute atomic E-state index is 0.0342. The summed E-state index contributed by atoms with van der Waals surface area (Å²) in [5.74, 6) is -0.183. The molecule has 0 spiro atoms. The van der Waals surface area contributed by atoms with Crippen LogP contribution in [0.25, 0.3) is 10.8 Å². The Labute approximate surface area is 234 Å². The van der Waals surface area contributed by atoms with Gasteiger partial charge >= 0.3 is 0 Å². The number of piperidine rings is 1. The Balaban J connectivity index is 1.02. The van der Waals surface area contributed by atoms with E-state index in [1.54, 1.807) is 30.3 Å². The molecule has 8 heteroatoms. The van der Waals surface area contributed by atoms with E-state index in [9.17, 15) is 14.0 Å². The van der Waals surface area contributed by atoms with Crippen LogP contribution in [0.2, 0.25) is 0 Å². The summed E-state index contributed by atoms with van der Waals surface area (Å²) in [5.41, 5.74) is 4.45. The largest absolute Gasteiger partial charge is 0.353 e. The molecule has 3 aromatic carbocycles. The van der Waals surface area contributed by atoms with Gasteiger partial charge in [-0.05, 0) is 104 Å². The molecular weight excluding hydrogens is 507 g/mol. The highest BCUT2D eigenvalue weighted by molar-refractivity contribution is 5.94. The first-order valence-electron chi connectivity index (χ1n) is 14.5.